The van der Waals surface area contributed by atoms with Gasteiger partial charge in [0.2, 0.25) is 6.08 Å². The first-order chi connectivity index (χ1) is 8.55. The number of nitrogens with zero attached hydrogens (tertiary/aromatic N) is 1. The number of carbonyl (C=O) groups excluding carboxylic acids is 1. The van der Waals surface area contributed by atoms with Gasteiger partial charge in [-0.3, -0.25) is 0 Å². The SMILES string of the molecule is COc1c(F)cc(F)c(O)c1C1(N=C=O)CCC1. The third-order valence-electron chi connectivity index (χ3n) is 3.27. The van der Waals surface area contributed by atoms with Crippen LogP contribution in [0, 0.1) is 11.6 Å². The molecule has 0 radical (unpaired) electrons. The fourth-order valence-electron chi connectivity index (χ4n) is 2.24. The van der Waals surface area contributed by atoms with Gasteiger partial charge < -0.3 is 9.84 Å². The Labute approximate surface area is 102 Å². The lowest BCUT2D eigenvalue weighted by atomic mass is 9.71. The summed E-state index contributed by atoms with van der Waals surface area (Å²) < 4.78 is 31.9. The smallest absolute Gasteiger partial charge is 0.235 e. The topological polar surface area (TPSA) is 58.9 Å². The number of methoxy groups -OCH3 is 1. The minimum atomic E-state index is -1.12. The number of ether oxygens (including phenoxy) is 1. The van der Waals surface area contributed by atoms with Crippen LogP contribution in [-0.2, 0) is 10.3 Å². The van der Waals surface area contributed by atoms with E-state index < -0.39 is 22.9 Å². The van der Waals surface area contributed by atoms with E-state index in [0.717, 1.165) is 6.42 Å². The number of hydrogen-bond donors (Lipinski definition) is 1. The van der Waals surface area contributed by atoms with Gasteiger partial charge in [-0.2, -0.15) is 4.99 Å². The zero-order valence-corrected chi connectivity index (χ0v) is 9.67. The molecule has 0 amide bonds. The van der Waals surface area contributed by atoms with Crippen LogP contribution in [0.4, 0.5) is 8.78 Å². The molecule has 1 aromatic carbocycles. The minimum Gasteiger partial charge on any atom is -0.504 e. The van der Waals surface area contributed by atoms with Crippen molar-refractivity contribution in [1.29, 1.82) is 0 Å². The van der Waals surface area contributed by atoms with Crippen LogP contribution in [0.15, 0.2) is 11.1 Å². The molecule has 1 saturated carbocycles. The summed E-state index contributed by atoms with van der Waals surface area (Å²) in [5.41, 5.74) is -1.24. The average molecular weight is 255 g/mol. The lowest BCUT2D eigenvalue weighted by molar-refractivity contribution is 0.231. The zero-order valence-electron chi connectivity index (χ0n) is 9.67. The fourth-order valence-corrected chi connectivity index (χ4v) is 2.24. The molecule has 0 aromatic heterocycles. The van der Waals surface area contributed by atoms with Crippen molar-refractivity contribution in [2.75, 3.05) is 7.11 Å². The standard InChI is InChI=1S/C12H11F2NO3/c1-18-11-8(14)5-7(13)10(17)9(11)12(15-6-16)3-2-4-12/h5,17H,2-4H2,1H3. The largest absolute Gasteiger partial charge is 0.504 e. The second-order valence-corrected chi connectivity index (χ2v) is 4.19. The molecule has 4 nitrogen and oxygen atoms in total. The van der Waals surface area contributed by atoms with Crippen molar-refractivity contribution in [3.63, 3.8) is 0 Å². The first kappa shape index (κ1) is 12.5. The molecule has 96 valence electrons. The fraction of sp³-hybridized carbons (Fsp3) is 0.417. The predicted molar refractivity (Wildman–Crippen MR) is 58.2 cm³/mol. The first-order valence-electron chi connectivity index (χ1n) is 5.40. The highest BCUT2D eigenvalue weighted by molar-refractivity contribution is 5.53. The van der Waals surface area contributed by atoms with Crippen molar-refractivity contribution in [3.8, 4) is 11.5 Å². The maximum absolute atomic E-state index is 13.6. The van der Waals surface area contributed by atoms with E-state index in [2.05, 4.69) is 4.99 Å². The minimum absolute atomic E-state index is 0.114. The van der Waals surface area contributed by atoms with Crippen LogP contribution in [-0.4, -0.2) is 18.3 Å². The van der Waals surface area contributed by atoms with Gasteiger partial charge in [0.1, 0.15) is 5.54 Å². The maximum atomic E-state index is 13.6. The number of isocyanates is 1. The molecular weight excluding hydrogens is 244 g/mol. The van der Waals surface area contributed by atoms with Crippen molar-refractivity contribution >= 4 is 6.08 Å². The van der Waals surface area contributed by atoms with Gasteiger partial charge in [0.05, 0.1) is 12.7 Å². The Bertz CT molecular complexity index is 535. The molecule has 0 spiro atoms. The lowest BCUT2D eigenvalue weighted by Gasteiger charge is -2.38. The van der Waals surface area contributed by atoms with Crippen molar-refractivity contribution in [3.05, 3.63) is 23.3 Å². The Morgan fingerprint density at radius 1 is 1.44 bits per heavy atom. The number of rotatable bonds is 3. The highest BCUT2D eigenvalue weighted by atomic mass is 19.1. The Morgan fingerprint density at radius 3 is 2.56 bits per heavy atom. The lowest BCUT2D eigenvalue weighted by Crippen LogP contribution is -2.33. The van der Waals surface area contributed by atoms with E-state index in [0.29, 0.717) is 18.9 Å². The third-order valence-corrected chi connectivity index (χ3v) is 3.27. The van der Waals surface area contributed by atoms with Crippen molar-refractivity contribution in [2.45, 2.75) is 24.8 Å². The molecule has 0 heterocycles. The summed E-state index contributed by atoms with van der Waals surface area (Å²) in [4.78, 5) is 14.1. The van der Waals surface area contributed by atoms with Gasteiger partial charge in [0.25, 0.3) is 0 Å². The van der Waals surface area contributed by atoms with Gasteiger partial charge in [-0.15, -0.1) is 0 Å². The number of aromatic hydroxyl groups is 1. The molecule has 0 aliphatic heterocycles. The summed E-state index contributed by atoms with van der Waals surface area (Å²) in [5, 5.41) is 9.75. The van der Waals surface area contributed by atoms with E-state index in [1.54, 1.807) is 0 Å². The molecular formula is C12H11F2NO3. The summed E-state index contributed by atoms with van der Waals surface area (Å²) in [6.07, 6.45) is 2.96. The van der Waals surface area contributed by atoms with E-state index in [1.807, 2.05) is 0 Å². The van der Waals surface area contributed by atoms with E-state index in [1.165, 1.54) is 13.2 Å². The van der Waals surface area contributed by atoms with Gasteiger partial charge in [-0.05, 0) is 19.3 Å². The molecule has 6 heteroatoms. The van der Waals surface area contributed by atoms with Crippen LogP contribution < -0.4 is 4.74 Å². The Hall–Kier alpha value is -1.94. The summed E-state index contributed by atoms with van der Waals surface area (Å²) in [5.74, 6) is -3.05. The Kier molecular flexibility index (Phi) is 3.05. The molecule has 1 aromatic rings. The molecule has 0 saturated heterocycles. The average Bonchev–Trinajstić information content (AvgIpc) is 2.28. The second kappa shape index (κ2) is 4.38. The van der Waals surface area contributed by atoms with Crippen molar-refractivity contribution in [1.82, 2.24) is 0 Å². The molecule has 1 aliphatic rings. The van der Waals surface area contributed by atoms with E-state index in [4.69, 9.17) is 4.74 Å². The van der Waals surface area contributed by atoms with E-state index >= 15 is 0 Å². The molecule has 0 atom stereocenters. The summed E-state index contributed by atoms with van der Waals surface area (Å²) in [6, 6.07) is 0.536. The highest BCUT2D eigenvalue weighted by Crippen LogP contribution is 2.52. The number of halogens is 2. The van der Waals surface area contributed by atoms with Gasteiger partial charge in [-0.25, -0.2) is 13.6 Å². The molecule has 1 N–H and O–H groups in total. The normalized spacial score (nSPS) is 16.6. The van der Waals surface area contributed by atoms with E-state index in [9.17, 15) is 18.7 Å². The Balaban J connectivity index is 2.72. The molecule has 1 aliphatic carbocycles. The van der Waals surface area contributed by atoms with Crippen molar-refractivity contribution < 1.29 is 23.4 Å². The second-order valence-electron chi connectivity index (χ2n) is 4.19. The quantitative estimate of drug-likeness (QED) is 0.666. The molecule has 0 bridgehead atoms. The van der Waals surface area contributed by atoms with Crippen LogP contribution in [0.1, 0.15) is 24.8 Å². The van der Waals surface area contributed by atoms with Gasteiger partial charge >= 0.3 is 0 Å². The summed E-state index contributed by atoms with van der Waals surface area (Å²) >= 11 is 0. The van der Waals surface area contributed by atoms with Gasteiger partial charge in [0.15, 0.2) is 23.1 Å². The van der Waals surface area contributed by atoms with Crippen LogP contribution in [0.25, 0.3) is 0 Å². The van der Waals surface area contributed by atoms with Gasteiger partial charge in [-0.1, -0.05) is 0 Å². The van der Waals surface area contributed by atoms with Crippen LogP contribution >= 0.6 is 0 Å². The van der Waals surface area contributed by atoms with Crippen LogP contribution in [0.5, 0.6) is 11.5 Å². The maximum Gasteiger partial charge on any atom is 0.235 e. The molecule has 1 fully saturated rings. The van der Waals surface area contributed by atoms with Gasteiger partial charge in [0, 0.05) is 6.07 Å². The summed E-state index contributed by atoms with van der Waals surface area (Å²) in [6.45, 7) is 0. The number of aliphatic imine (C=N–C) groups is 1. The van der Waals surface area contributed by atoms with Crippen molar-refractivity contribution in [2.24, 2.45) is 4.99 Å². The molecule has 18 heavy (non-hydrogen) atoms. The number of phenolic OH excluding ortho intramolecular Hbond substituents is 1. The van der Waals surface area contributed by atoms with Crippen LogP contribution in [0.3, 0.4) is 0 Å². The molecule has 0 unspecified atom stereocenters. The summed E-state index contributed by atoms with van der Waals surface area (Å²) in [7, 11) is 1.20. The third kappa shape index (κ3) is 1.66. The van der Waals surface area contributed by atoms with Crippen LogP contribution in [0.2, 0.25) is 0 Å². The molecule has 2 rings (SSSR count). The predicted octanol–water partition coefficient (Wildman–Crippen LogP) is 2.39. The Morgan fingerprint density at radius 2 is 2.11 bits per heavy atom. The zero-order chi connectivity index (χ0) is 13.3. The highest BCUT2D eigenvalue weighted by Gasteiger charge is 2.45. The van der Waals surface area contributed by atoms with E-state index in [-0.39, 0.29) is 11.3 Å². The number of phenols is 1. The monoisotopic (exact) mass is 255 g/mol. The number of benzene rings is 1. The number of hydrogen-bond acceptors (Lipinski definition) is 4. The first-order valence-corrected chi connectivity index (χ1v) is 5.40.